The molecule has 2 aliphatic rings. The summed E-state index contributed by atoms with van der Waals surface area (Å²) in [4.78, 5) is 46.7. The molecule has 1 fully saturated rings. The molecule has 0 aliphatic carbocycles. The van der Waals surface area contributed by atoms with Crippen molar-refractivity contribution >= 4 is 34.4 Å². The van der Waals surface area contributed by atoms with Crippen LogP contribution in [0, 0.1) is 0 Å². The number of hydrogen-bond acceptors (Lipinski definition) is 5. The van der Waals surface area contributed by atoms with Crippen LogP contribution in [-0.2, 0) is 16.0 Å². The lowest BCUT2D eigenvalue weighted by molar-refractivity contribution is -0.120. The molecule has 3 heterocycles. The number of amides is 4. The number of hydrogen-bond donors (Lipinski definition) is 2. The lowest BCUT2D eigenvalue weighted by atomic mass is 9.89. The summed E-state index contributed by atoms with van der Waals surface area (Å²) in [6, 6.07) is 20.5. The van der Waals surface area contributed by atoms with Crippen molar-refractivity contribution in [3.63, 3.8) is 0 Å². The Morgan fingerprint density at radius 1 is 1.03 bits per heavy atom. The number of aromatic amines is 1. The van der Waals surface area contributed by atoms with Gasteiger partial charge in [0.25, 0.3) is 11.8 Å². The molecular formula is C30H28N4O5. The number of rotatable bonds is 7. The highest BCUT2D eigenvalue weighted by molar-refractivity contribution is 6.22. The molecule has 2 N–H and O–H groups in total. The summed E-state index contributed by atoms with van der Waals surface area (Å²) in [7, 11) is 3.17. The molecular weight excluding hydrogens is 496 g/mol. The third-order valence-corrected chi connectivity index (χ3v) is 7.44. The second-order valence-electron chi connectivity index (χ2n) is 9.62. The Hall–Kier alpha value is -4.63. The number of fused-ring (bicyclic) bond motifs is 4. The molecule has 198 valence electrons. The number of carbonyl (C=O) groups is 3. The number of H-pyrrole nitrogens is 1. The van der Waals surface area contributed by atoms with Crippen molar-refractivity contribution in [3.05, 3.63) is 95.2 Å². The monoisotopic (exact) mass is 524 g/mol. The van der Waals surface area contributed by atoms with E-state index in [1.54, 1.807) is 43.4 Å². The van der Waals surface area contributed by atoms with E-state index in [1.807, 2.05) is 48.5 Å². The average molecular weight is 525 g/mol. The summed E-state index contributed by atoms with van der Waals surface area (Å²) in [5.41, 5.74) is 4.59. The first-order chi connectivity index (χ1) is 19.0. The number of imide groups is 1. The predicted octanol–water partition coefficient (Wildman–Crippen LogP) is 4.04. The van der Waals surface area contributed by atoms with Crippen molar-refractivity contribution in [1.82, 2.24) is 15.2 Å². The van der Waals surface area contributed by atoms with Gasteiger partial charge in [-0.2, -0.15) is 0 Å². The van der Waals surface area contributed by atoms with Gasteiger partial charge in [0.15, 0.2) is 0 Å². The number of ether oxygens (including phenoxy) is 2. The number of urea groups is 1. The van der Waals surface area contributed by atoms with E-state index < -0.39 is 18.1 Å². The fourth-order valence-electron chi connectivity index (χ4n) is 5.60. The van der Waals surface area contributed by atoms with Crippen molar-refractivity contribution in [3.8, 4) is 5.75 Å². The van der Waals surface area contributed by atoms with Gasteiger partial charge >= 0.3 is 6.03 Å². The maximum atomic E-state index is 14.0. The number of carbonyl (C=O) groups excluding carboxylic acids is 3. The minimum absolute atomic E-state index is 0.251. The highest BCUT2D eigenvalue weighted by Crippen LogP contribution is 2.45. The number of methoxy groups -OCH3 is 2. The van der Waals surface area contributed by atoms with Crippen LogP contribution < -0.4 is 15.0 Å². The molecule has 9 nitrogen and oxygen atoms in total. The second-order valence-corrected chi connectivity index (χ2v) is 9.62. The van der Waals surface area contributed by atoms with Crippen LogP contribution in [0.3, 0.4) is 0 Å². The summed E-state index contributed by atoms with van der Waals surface area (Å²) in [6.07, 6.45) is 0.404. The summed E-state index contributed by atoms with van der Waals surface area (Å²) >= 11 is 0. The van der Waals surface area contributed by atoms with Crippen molar-refractivity contribution in [2.24, 2.45) is 0 Å². The SMILES string of the molecule is COCCNC(=O)c1ccc(N2C(=O)[C@@H]3Cc4c([nH]c5ccccc45)[C@@H](c4cccc(OC)c4)N3C2=O)cc1. The van der Waals surface area contributed by atoms with Crippen LogP contribution in [0.2, 0.25) is 0 Å². The number of nitrogens with zero attached hydrogens (tertiary/aromatic N) is 2. The molecule has 2 aliphatic heterocycles. The normalized spacial score (nSPS) is 18.3. The van der Waals surface area contributed by atoms with Crippen LogP contribution in [0.25, 0.3) is 10.9 Å². The van der Waals surface area contributed by atoms with Gasteiger partial charge in [-0.25, -0.2) is 9.69 Å². The third-order valence-electron chi connectivity index (χ3n) is 7.44. The van der Waals surface area contributed by atoms with Gasteiger partial charge in [0.2, 0.25) is 0 Å². The van der Waals surface area contributed by atoms with E-state index in [0.29, 0.717) is 36.6 Å². The Morgan fingerprint density at radius 3 is 2.59 bits per heavy atom. The van der Waals surface area contributed by atoms with Crippen LogP contribution in [0.1, 0.15) is 33.2 Å². The summed E-state index contributed by atoms with van der Waals surface area (Å²) in [5.74, 6) is 0.126. The lowest BCUT2D eigenvalue weighted by Gasteiger charge is -2.36. The molecule has 4 amide bonds. The van der Waals surface area contributed by atoms with Crippen LogP contribution in [0.5, 0.6) is 5.75 Å². The van der Waals surface area contributed by atoms with Crippen LogP contribution in [0.15, 0.2) is 72.8 Å². The van der Waals surface area contributed by atoms with Gasteiger partial charge in [-0.15, -0.1) is 0 Å². The van der Waals surface area contributed by atoms with Crippen molar-refractivity contribution in [1.29, 1.82) is 0 Å². The fraction of sp³-hybridized carbons (Fsp3) is 0.233. The number of benzene rings is 3. The summed E-state index contributed by atoms with van der Waals surface area (Å²) in [6.45, 7) is 0.793. The maximum Gasteiger partial charge on any atom is 0.332 e. The molecule has 3 aromatic carbocycles. The third kappa shape index (κ3) is 4.11. The average Bonchev–Trinajstić information content (AvgIpc) is 3.46. The molecule has 4 aromatic rings. The zero-order valence-corrected chi connectivity index (χ0v) is 21.6. The molecule has 0 spiro atoms. The van der Waals surface area contributed by atoms with Gasteiger partial charge in [0.1, 0.15) is 17.8 Å². The first kappa shape index (κ1) is 24.7. The smallest absolute Gasteiger partial charge is 0.332 e. The molecule has 0 bridgehead atoms. The molecule has 1 saturated heterocycles. The zero-order valence-electron chi connectivity index (χ0n) is 21.6. The Bertz CT molecular complexity index is 1580. The Balaban J connectivity index is 1.39. The Kier molecular flexibility index (Phi) is 6.28. The Morgan fingerprint density at radius 2 is 1.82 bits per heavy atom. The highest BCUT2D eigenvalue weighted by Gasteiger charge is 2.53. The quantitative estimate of drug-likeness (QED) is 0.281. The minimum atomic E-state index is -0.669. The Labute approximate surface area is 225 Å². The highest BCUT2D eigenvalue weighted by atomic mass is 16.5. The van der Waals surface area contributed by atoms with Gasteiger partial charge in [-0.05, 0) is 53.6 Å². The summed E-state index contributed by atoms with van der Waals surface area (Å²) < 4.78 is 10.4. The number of nitrogens with one attached hydrogen (secondary N) is 2. The topological polar surface area (TPSA) is 104 Å². The maximum absolute atomic E-state index is 14.0. The standard InChI is InChI=1S/C30H28N4O5/c1-38-15-14-31-28(35)18-10-12-20(13-11-18)33-29(36)25-17-23-22-8-3-4-9-24(22)32-26(23)27(34(25)30(33)37)19-6-5-7-21(16-19)39-2/h3-13,16,25,27,32H,14-15,17H2,1-2H3,(H,31,35)/t25-,27+/m0/s1. The van der Waals surface area contributed by atoms with Gasteiger partial charge in [0, 0.05) is 42.2 Å². The molecule has 0 radical (unpaired) electrons. The van der Waals surface area contributed by atoms with Gasteiger partial charge in [0.05, 0.1) is 19.4 Å². The molecule has 9 heteroatoms. The molecule has 39 heavy (non-hydrogen) atoms. The van der Waals surface area contributed by atoms with Gasteiger partial charge < -0.3 is 19.8 Å². The largest absolute Gasteiger partial charge is 0.497 e. The molecule has 2 atom stereocenters. The van der Waals surface area contributed by atoms with E-state index >= 15 is 0 Å². The van der Waals surface area contributed by atoms with E-state index in [0.717, 1.165) is 27.7 Å². The van der Waals surface area contributed by atoms with Crippen LogP contribution in [-0.4, -0.2) is 61.1 Å². The predicted molar refractivity (Wildman–Crippen MR) is 146 cm³/mol. The van der Waals surface area contributed by atoms with Crippen LogP contribution in [0.4, 0.5) is 10.5 Å². The molecule has 0 unspecified atom stereocenters. The van der Waals surface area contributed by atoms with Gasteiger partial charge in [-0.3, -0.25) is 14.5 Å². The van der Waals surface area contributed by atoms with Crippen molar-refractivity contribution in [2.75, 3.05) is 32.3 Å². The second kappa shape index (κ2) is 9.92. The summed E-state index contributed by atoms with van der Waals surface area (Å²) in [5, 5.41) is 3.81. The minimum Gasteiger partial charge on any atom is -0.497 e. The van der Waals surface area contributed by atoms with E-state index in [2.05, 4.69) is 10.3 Å². The van der Waals surface area contributed by atoms with E-state index in [-0.39, 0.29) is 11.8 Å². The van der Waals surface area contributed by atoms with Gasteiger partial charge in [-0.1, -0.05) is 30.3 Å². The lowest BCUT2D eigenvalue weighted by Crippen LogP contribution is -2.44. The number of aromatic nitrogens is 1. The number of anilines is 1. The zero-order chi connectivity index (χ0) is 27.1. The van der Waals surface area contributed by atoms with Crippen molar-refractivity contribution in [2.45, 2.75) is 18.5 Å². The fourth-order valence-corrected chi connectivity index (χ4v) is 5.60. The van der Waals surface area contributed by atoms with E-state index in [1.165, 1.54) is 4.90 Å². The molecule has 1 aromatic heterocycles. The van der Waals surface area contributed by atoms with Crippen molar-refractivity contribution < 1.29 is 23.9 Å². The molecule has 0 saturated carbocycles. The van der Waals surface area contributed by atoms with E-state index in [9.17, 15) is 14.4 Å². The van der Waals surface area contributed by atoms with Crippen LogP contribution >= 0.6 is 0 Å². The first-order valence-electron chi connectivity index (χ1n) is 12.8. The first-order valence-corrected chi connectivity index (χ1v) is 12.8. The number of para-hydroxylation sites is 1. The molecule has 6 rings (SSSR count). The van der Waals surface area contributed by atoms with E-state index in [4.69, 9.17) is 9.47 Å².